The Hall–Kier alpha value is -3.14. The van der Waals surface area contributed by atoms with E-state index < -0.39 is 0 Å². The molecule has 0 atom stereocenters. The lowest BCUT2D eigenvalue weighted by Gasteiger charge is -2.06. The minimum Gasteiger partial charge on any atom is -0.497 e. The minimum absolute atomic E-state index is 0.774. The minimum atomic E-state index is 0.774. The van der Waals surface area contributed by atoms with E-state index in [1.165, 1.54) is 44.9 Å². The van der Waals surface area contributed by atoms with Crippen LogP contribution in [0.2, 0.25) is 0 Å². The molecule has 0 N–H and O–H groups in total. The molecule has 0 radical (unpaired) electrons. The van der Waals surface area contributed by atoms with E-state index in [9.17, 15) is 0 Å². The average molecular weight is 445 g/mol. The second kappa shape index (κ2) is 14.1. The SMILES string of the molecule is CCCCCCCCCCOc1ccc(N=Nc2ccc(-c3ccc(OC)cc3)cc2)cc1. The van der Waals surface area contributed by atoms with Crippen molar-refractivity contribution in [2.45, 2.75) is 58.3 Å². The maximum absolute atomic E-state index is 5.86. The van der Waals surface area contributed by atoms with Gasteiger partial charge in [0.2, 0.25) is 0 Å². The summed E-state index contributed by atoms with van der Waals surface area (Å²) < 4.78 is 11.1. The molecule has 0 aliphatic rings. The number of rotatable bonds is 14. The standard InChI is InChI=1S/C29H36N2O2/c1-3-4-5-6-7-8-9-10-23-33-29-21-17-27(18-22-29)31-30-26-15-11-24(12-16-26)25-13-19-28(32-2)20-14-25/h11-22H,3-10,23H2,1-2H3. The fourth-order valence-corrected chi connectivity index (χ4v) is 3.65. The van der Waals surface area contributed by atoms with Crippen LogP contribution >= 0.6 is 0 Å². The van der Waals surface area contributed by atoms with Gasteiger partial charge in [-0.25, -0.2) is 0 Å². The summed E-state index contributed by atoms with van der Waals surface area (Å²) in [7, 11) is 1.67. The molecule has 0 saturated heterocycles. The lowest BCUT2D eigenvalue weighted by molar-refractivity contribution is 0.304. The number of hydrogen-bond donors (Lipinski definition) is 0. The first-order chi connectivity index (χ1) is 16.3. The molecule has 3 aromatic rings. The molecule has 174 valence electrons. The molecule has 33 heavy (non-hydrogen) atoms. The number of ether oxygens (including phenoxy) is 2. The molecule has 3 aromatic carbocycles. The van der Waals surface area contributed by atoms with Crippen molar-refractivity contribution >= 4 is 11.4 Å². The van der Waals surface area contributed by atoms with E-state index in [1.807, 2.05) is 60.7 Å². The molecule has 4 nitrogen and oxygen atoms in total. The van der Waals surface area contributed by atoms with Gasteiger partial charge < -0.3 is 9.47 Å². The second-order valence-electron chi connectivity index (χ2n) is 8.29. The van der Waals surface area contributed by atoms with Crippen LogP contribution in [0.15, 0.2) is 83.0 Å². The van der Waals surface area contributed by atoms with Crippen LogP contribution in [-0.4, -0.2) is 13.7 Å². The third-order valence-electron chi connectivity index (χ3n) is 5.67. The Morgan fingerprint density at radius 1 is 0.545 bits per heavy atom. The lowest BCUT2D eigenvalue weighted by Crippen LogP contribution is -1.96. The van der Waals surface area contributed by atoms with Gasteiger partial charge in [0.05, 0.1) is 25.1 Å². The Morgan fingerprint density at radius 2 is 1.00 bits per heavy atom. The zero-order valence-corrected chi connectivity index (χ0v) is 20.0. The van der Waals surface area contributed by atoms with Crippen molar-refractivity contribution < 1.29 is 9.47 Å². The zero-order valence-electron chi connectivity index (χ0n) is 20.0. The summed E-state index contributed by atoms with van der Waals surface area (Å²) in [4.78, 5) is 0. The van der Waals surface area contributed by atoms with E-state index in [0.717, 1.165) is 47.0 Å². The van der Waals surface area contributed by atoms with E-state index in [-0.39, 0.29) is 0 Å². The monoisotopic (exact) mass is 444 g/mol. The molecule has 0 bridgehead atoms. The van der Waals surface area contributed by atoms with Crippen molar-refractivity contribution in [3.63, 3.8) is 0 Å². The largest absolute Gasteiger partial charge is 0.497 e. The molecule has 0 aliphatic carbocycles. The Balaban J connectivity index is 1.39. The van der Waals surface area contributed by atoms with Gasteiger partial charge in [0.15, 0.2) is 0 Å². The van der Waals surface area contributed by atoms with Crippen LogP contribution < -0.4 is 9.47 Å². The summed E-state index contributed by atoms with van der Waals surface area (Å²) >= 11 is 0. The summed E-state index contributed by atoms with van der Waals surface area (Å²) in [6.07, 6.45) is 10.5. The molecule has 0 amide bonds. The van der Waals surface area contributed by atoms with Crippen molar-refractivity contribution in [2.75, 3.05) is 13.7 Å². The van der Waals surface area contributed by atoms with Gasteiger partial charge >= 0.3 is 0 Å². The van der Waals surface area contributed by atoms with Crippen molar-refractivity contribution in [1.29, 1.82) is 0 Å². The van der Waals surface area contributed by atoms with Crippen LogP contribution in [0.25, 0.3) is 11.1 Å². The first-order valence-corrected chi connectivity index (χ1v) is 12.2. The third kappa shape index (κ3) is 8.72. The maximum Gasteiger partial charge on any atom is 0.119 e. The van der Waals surface area contributed by atoms with Crippen LogP contribution in [0.5, 0.6) is 11.5 Å². The normalized spacial score (nSPS) is 11.1. The molecular weight excluding hydrogens is 408 g/mol. The highest BCUT2D eigenvalue weighted by molar-refractivity contribution is 5.66. The molecule has 0 fully saturated rings. The van der Waals surface area contributed by atoms with Gasteiger partial charge in [-0.15, -0.1) is 0 Å². The molecule has 0 aliphatic heterocycles. The zero-order chi connectivity index (χ0) is 23.1. The van der Waals surface area contributed by atoms with Gasteiger partial charge in [-0.2, -0.15) is 10.2 Å². The van der Waals surface area contributed by atoms with Crippen molar-refractivity contribution in [3.05, 3.63) is 72.8 Å². The molecule has 0 saturated carbocycles. The van der Waals surface area contributed by atoms with Gasteiger partial charge in [-0.3, -0.25) is 0 Å². The predicted octanol–water partition coefficient (Wildman–Crippen LogP) is 9.30. The number of methoxy groups -OCH3 is 1. The number of nitrogens with zero attached hydrogens (tertiary/aromatic N) is 2. The molecule has 4 heteroatoms. The fourth-order valence-electron chi connectivity index (χ4n) is 3.65. The summed E-state index contributed by atoms with van der Waals surface area (Å²) in [5.41, 5.74) is 3.91. The number of unbranched alkanes of at least 4 members (excludes halogenated alkanes) is 7. The van der Waals surface area contributed by atoms with Crippen LogP contribution in [-0.2, 0) is 0 Å². The predicted molar refractivity (Wildman–Crippen MR) is 137 cm³/mol. The fraction of sp³-hybridized carbons (Fsp3) is 0.379. The summed E-state index contributed by atoms with van der Waals surface area (Å²) in [5.74, 6) is 1.74. The Bertz CT molecular complexity index is 948. The molecule has 3 rings (SSSR count). The van der Waals surface area contributed by atoms with Gasteiger partial charge in [0.25, 0.3) is 0 Å². The third-order valence-corrected chi connectivity index (χ3v) is 5.67. The summed E-state index contributed by atoms with van der Waals surface area (Å²) in [5, 5.41) is 8.70. The molecule has 0 aromatic heterocycles. The molecule has 0 spiro atoms. The van der Waals surface area contributed by atoms with Crippen LogP contribution in [0.4, 0.5) is 11.4 Å². The van der Waals surface area contributed by atoms with E-state index in [1.54, 1.807) is 7.11 Å². The number of hydrogen-bond acceptors (Lipinski definition) is 4. The van der Waals surface area contributed by atoms with Crippen molar-refractivity contribution in [2.24, 2.45) is 10.2 Å². The Kier molecular flexibility index (Phi) is 10.5. The molecule has 0 heterocycles. The van der Waals surface area contributed by atoms with E-state index in [2.05, 4.69) is 29.3 Å². The quantitative estimate of drug-likeness (QED) is 0.184. The van der Waals surface area contributed by atoms with Gasteiger partial charge in [-0.1, -0.05) is 76.1 Å². The number of benzene rings is 3. The highest BCUT2D eigenvalue weighted by Gasteiger charge is 2.00. The van der Waals surface area contributed by atoms with Crippen LogP contribution in [0.3, 0.4) is 0 Å². The second-order valence-corrected chi connectivity index (χ2v) is 8.29. The van der Waals surface area contributed by atoms with Gasteiger partial charge in [0, 0.05) is 0 Å². The van der Waals surface area contributed by atoms with Crippen LogP contribution in [0, 0.1) is 0 Å². The first-order valence-electron chi connectivity index (χ1n) is 12.2. The smallest absolute Gasteiger partial charge is 0.119 e. The van der Waals surface area contributed by atoms with Crippen molar-refractivity contribution in [3.8, 4) is 22.6 Å². The van der Waals surface area contributed by atoms with Gasteiger partial charge in [0.1, 0.15) is 11.5 Å². The van der Waals surface area contributed by atoms with Crippen LogP contribution in [0.1, 0.15) is 58.3 Å². The number of azo groups is 1. The first kappa shape index (κ1) is 24.5. The topological polar surface area (TPSA) is 43.2 Å². The molecule has 0 unspecified atom stereocenters. The Labute approximate surface area is 198 Å². The summed E-state index contributed by atoms with van der Waals surface area (Å²) in [6, 6.07) is 23.9. The Morgan fingerprint density at radius 3 is 1.55 bits per heavy atom. The lowest BCUT2D eigenvalue weighted by atomic mass is 10.1. The van der Waals surface area contributed by atoms with E-state index >= 15 is 0 Å². The van der Waals surface area contributed by atoms with Crippen molar-refractivity contribution in [1.82, 2.24) is 0 Å². The average Bonchev–Trinajstić information content (AvgIpc) is 2.87. The maximum atomic E-state index is 5.86. The molecular formula is C29H36N2O2. The highest BCUT2D eigenvalue weighted by atomic mass is 16.5. The summed E-state index contributed by atoms with van der Waals surface area (Å²) in [6.45, 7) is 3.03. The van der Waals surface area contributed by atoms with E-state index in [0.29, 0.717) is 0 Å². The van der Waals surface area contributed by atoms with Gasteiger partial charge in [-0.05, 0) is 66.1 Å². The highest BCUT2D eigenvalue weighted by Crippen LogP contribution is 2.26. The van der Waals surface area contributed by atoms with E-state index in [4.69, 9.17) is 9.47 Å².